The number of hydrogen-bond acceptors (Lipinski definition) is 4. The van der Waals surface area contributed by atoms with Crippen molar-refractivity contribution in [2.24, 2.45) is 0 Å². The van der Waals surface area contributed by atoms with Gasteiger partial charge in [-0.05, 0) is 32.0 Å². The Morgan fingerprint density at radius 1 is 1.14 bits per heavy atom. The third-order valence-electron chi connectivity index (χ3n) is 3.01. The quantitative estimate of drug-likeness (QED) is 0.881. The highest BCUT2D eigenvalue weighted by Gasteiger charge is 2.08. The first kappa shape index (κ1) is 15.2. The first-order chi connectivity index (χ1) is 10.1. The predicted molar refractivity (Wildman–Crippen MR) is 88.1 cm³/mol. The van der Waals surface area contributed by atoms with Crippen molar-refractivity contribution in [1.82, 2.24) is 4.98 Å². The summed E-state index contributed by atoms with van der Waals surface area (Å²) in [7, 11) is 3.98. The summed E-state index contributed by atoms with van der Waals surface area (Å²) in [5.41, 5.74) is 2.15. The standard InChI is InChI=1S/C17H23N3O/c1-13(2)21-16-10-6-5-8-14(16)12-19-15-9-7-11-18-17(15)20(3)4/h5-11,13,19H,12H2,1-4H3. The van der Waals surface area contributed by atoms with Crippen LogP contribution in [-0.4, -0.2) is 25.2 Å². The molecule has 0 amide bonds. The van der Waals surface area contributed by atoms with E-state index < -0.39 is 0 Å². The van der Waals surface area contributed by atoms with Crippen LogP contribution in [0.15, 0.2) is 42.6 Å². The minimum Gasteiger partial charge on any atom is -0.491 e. The third-order valence-corrected chi connectivity index (χ3v) is 3.01. The van der Waals surface area contributed by atoms with Crippen molar-refractivity contribution >= 4 is 11.5 Å². The Labute approximate surface area is 126 Å². The molecule has 0 aliphatic carbocycles. The van der Waals surface area contributed by atoms with Crippen LogP contribution in [0.2, 0.25) is 0 Å². The molecule has 0 aliphatic rings. The molecule has 112 valence electrons. The lowest BCUT2D eigenvalue weighted by Gasteiger charge is -2.18. The van der Waals surface area contributed by atoms with E-state index in [4.69, 9.17) is 4.74 Å². The van der Waals surface area contributed by atoms with E-state index in [2.05, 4.69) is 16.4 Å². The molecule has 0 fully saturated rings. The maximum atomic E-state index is 5.85. The van der Waals surface area contributed by atoms with Gasteiger partial charge >= 0.3 is 0 Å². The van der Waals surface area contributed by atoms with Crippen LogP contribution >= 0.6 is 0 Å². The van der Waals surface area contributed by atoms with Gasteiger partial charge in [0.2, 0.25) is 0 Å². The monoisotopic (exact) mass is 285 g/mol. The number of benzene rings is 1. The smallest absolute Gasteiger partial charge is 0.151 e. The van der Waals surface area contributed by atoms with Gasteiger partial charge in [0.1, 0.15) is 5.75 Å². The van der Waals surface area contributed by atoms with Gasteiger partial charge in [-0.2, -0.15) is 0 Å². The van der Waals surface area contributed by atoms with Crippen LogP contribution in [0, 0.1) is 0 Å². The number of para-hydroxylation sites is 1. The van der Waals surface area contributed by atoms with Gasteiger partial charge in [0.15, 0.2) is 5.82 Å². The summed E-state index contributed by atoms with van der Waals surface area (Å²) in [4.78, 5) is 6.39. The minimum absolute atomic E-state index is 0.168. The fourth-order valence-corrected chi connectivity index (χ4v) is 2.10. The topological polar surface area (TPSA) is 37.4 Å². The molecule has 0 saturated heterocycles. The Bertz CT molecular complexity index is 582. The number of rotatable bonds is 6. The largest absolute Gasteiger partial charge is 0.491 e. The molecule has 0 saturated carbocycles. The van der Waals surface area contributed by atoms with E-state index >= 15 is 0 Å². The number of hydrogen-bond donors (Lipinski definition) is 1. The number of nitrogens with zero attached hydrogens (tertiary/aromatic N) is 2. The van der Waals surface area contributed by atoms with Crippen molar-refractivity contribution < 1.29 is 4.74 Å². The number of nitrogens with one attached hydrogen (secondary N) is 1. The molecule has 1 aromatic carbocycles. The summed E-state index contributed by atoms with van der Waals surface area (Å²) < 4.78 is 5.85. The molecule has 21 heavy (non-hydrogen) atoms. The minimum atomic E-state index is 0.168. The molecule has 1 heterocycles. The van der Waals surface area contributed by atoms with E-state index in [1.54, 1.807) is 6.20 Å². The van der Waals surface area contributed by atoms with E-state index in [9.17, 15) is 0 Å². The van der Waals surface area contributed by atoms with Crippen molar-refractivity contribution in [2.45, 2.75) is 26.5 Å². The van der Waals surface area contributed by atoms with Gasteiger partial charge in [0.05, 0.1) is 11.8 Å². The van der Waals surface area contributed by atoms with E-state index in [1.807, 2.05) is 63.2 Å². The molecule has 1 N–H and O–H groups in total. The molecule has 0 bridgehead atoms. The lowest BCUT2D eigenvalue weighted by atomic mass is 10.2. The molecule has 1 aromatic heterocycles. The lowest BCUT2D eigenvalue weighted by Crippen LogP contribution is -2.14. The zero-order valence-corrected chi connectivity index (χ0v) is 13.1. The van der Waals surface area contributed by atoms with Crippen LogP contribution in [0.25, 0.3) is 0 Å². The van der Waals surface area contributed by atoms with E-state index in [0.717, 1.165) is 22.8 Å². The Morgan fingerprint density at radius 3 is 2.62 bits per heavy atom. The van der Waals surface area contributed by atoms with Gasteiger partial charge < -0.3 is 15.0 Å². The first-order valence-corrected chi connectivity index (χ1v) is 7.18. The van der Waals surface area contributed by atoms with Crippen molar-refractivity contribution in [3.8, 4) is 5.75 Å². The zero-order chi connectivity index (χ0) is 15.2. The average molecular weight is 285 g/mol. The molecular weight excluding hydrogens is 262 g/mol. The average Bonchev–Trinajstić information content (AvgIpc) is 2.46. The summed E-state index contributed by atoms with van der Waals surface area (Å²) in [6.45, 7) is 4.78. The molecular formula is C17H23N3O. The third kappa shape index (κ3) is 4.12. The normalized spacial score (nSPS) is 10.5. The summed E-state index contributed by atoms with van der Waals surface area (Å²) in [6, 6.07) is 12.1. The van der Waals surface area contributed by atoms with Gasteiger partial charge in [-0.1, -0.05) is 18.2 Å². The first-order valence-electron chi connectivity index (χ1n) is 7.18. The highest BCUT2D eigenvalue weighted by molar-refractivity contribution is 5.64. The maximum Gasteiger partial charge on any atom is 0.151 e. The Kier molecular flexibility index (Phi) is 5.04. The van der Waals surface area contributed by atoms with Gasteiger partial charge in [0.25, 0.3) is 0 Å². The second-order valence-corrected chi connectivity index (χ2v) is 5.40. The zero-order valence-electron chi connectivity index (χ0n) is 13.1. The molecule has 2 rings (SSSR count). The fourth-order valence-electron chi connectivity index (χ4n) is 2.10. The molecule has 0 unspecified atom stereocenters. The molecule has 2 aromatic rings. The van der Waals surface area contributed by atoms with Crippen LogP contribution in [-0.2, 0) is 6.54 Å². The highest BCUT2D eigenvalue weighted by atomic mass is 16.5. The maximum absolute atomic E-state index is 5.85. The van der Waals surface area contributed by atoms with Gasteiger partial charge in [-0.15, -0.1) is 0 Å². The van der Waals surface area contributed by atoms with Crippen LogP contribution in [0.1, 0.15) is 19.4 Å². The van der Waals surface area contributed by atoms with Gasteiger partial charge in [-0.3, -0.25) is 0 Å². The number of anilines is 2. The molecule has 0 aliphatic heterocycles. The van der Waals surface area contributed by atoms with Gasteiger partial charge in [0, 0.05) is 32.4 Å². The Hall–Kier alpha value is -2.23. The van der Waals surface area contributed by atoms with E-state index in [1.165, 1.54) is 0 Å². The summed E-state index contributed by atoms with van der Waals surface area (Å²) in [5, 5.41) is 3.44. The second kappa shape index (κ2) is 6.97. The SMILES string of the molecule is CC(C)Oc1ccccc1CNc1cccnc1N(C)C. The summed E-state index contributed by atoms with van der Waals surface area (Å²) in [6.07, 6.45) is 1.97. The summed E-state index contributed by atoms with van der Waals surface area (Å²) in [5.74, 6) is 1.86. The Balaban J connectivity index is 2.14. The van der Waals surface area contributed by atoms with Crippen molar-refractivity contribution in [3.63, 3.8) is 0 Å². The number of pyridine rings is 1. The molecule has 0 atom stereocenters. The van der Waals surface area contributed by atoms with Crippen LogP contribution in [0.4, 0.5) is 11.5 Å². The molecule has 4 nitrogen and oxygen atoms in total. The number of aromatic nitrogens is 1. The van der Waals surface area contributed by atoms with E-state index in [-0.39, 0.29) is 6.10 Å². The van der Waals surface area contributed by atoms with Crippen molar-refractivity contribution in [2.75, 3.05) is 24.3 Å². The van der Waals surface area contributed by atoms with Crippen molar-refractivity contribution in [1.29, 1.82) is 0 Å². The molecule has 4 heteroatoms. The number of ether oxygens (including phenoxy) is 1. The van der Waals surface area contributed by atoms with Crippen LogP contribution in [0.5, 0.6) is 5.75 Å². The Morgan fingerprint density at radius 2 is 1.90 bits per heavy atom. The highest BCUT2D eigenvalue weighted by Crippen LogP contribution is 2.24. The van der Waals surface area contributed by atoms with Gasteiger partial charge in [-0.25, -0.2) is 4.98 Å². The lowest BCUT2D eigenvalue weighted by molar-refractivity contribution is 0.240. The van der Waals surface area contributed by atoms with Crippen LogP contribution in [0.3, 0.4) is 0 Å². The molecule has 0 spiro atoms. The second-order valence-electron chi connectivity index (χ2n) is 5.40. The van der Waals surface area contributed by atoms with Crippen molar-refractivity contribution in [3.05, 3.63) is 48.2 Å². The predicted octanol–water partition coefficient (Wildman–Crippen LogP) is 3.55. The van der Waals surface area contributed by atoms with Crippen LogP contribution < -0.4 is 15.0 Å². The molecule has 0 radical (unpaired) electrons. The summed E-state index contributed by atoms with van der Waals surface area (Å²) >= 11 is 0. The van der Waals surface area contributed by atoms with E-state index in [0.29, 0.717) is 6.54 Å². The fraction of sp³-hybridized carbons (Fsp3) is 0.353.